The quantitative estimate of drug-likeness (QED) is 0.801. The Labute approximate surface area is 104 Å². The predicted molar refractivity (Wildman–Crippen MR) is 63.9 cm³/mol. The summed E-state index contributed by atoms with van der Waals surface area (Å²) in [5.74, 6) is -0.126. The second kappa shape index (κ2) is 5.92. The molecule has 1 aromatic heterocycles. The molecule has 0 unspecified atom stereocenters. The first kappa shape index (κ1) is 12.3. The summed E-state index contributed by atoms with van der Waals surface area (Å²) in [6, 6.07) is 9.27. The highest BCUT2D eigenvalue weighted by atomic mass is 16.5. The molecule has 0 aliphatic rings. The SMILES string of the molecule is COCCNC(=O)c1nnc(-c2ccccc2)o1. The van der Waals surface area contributed by atoms with E-state index in [0.29, 0.717) is 19.0 Å². The van der Waals surface area contributed by atoms with Crippen molar-refractivity contribution in [2.45, 2.75) is 0 Å². The van der Waals surface area contributed by atoms with Crippen molar-refractivity contribution in [3.8, 4) is 11.5 Å². The Morgan fingerprint density at radius 1 is 1.33 bits per heavy atom. The van der Waals surface area contributed by atoms with Gasteiger partial charge in [-0.25, -0.2) is 0 Å². The third kappa shape index (κ3) is 2.92. The molecule has 94 valence electrons. The predicted octanol–water partition coefficient (Wildman–Crippen LogP) is 1.11. The topological polar surface area (TPSA) is 77.2 Å². The third-order valence-electron chi connectivity index (χ3n) is 2.23. The highest BCUT2D eigenvalue weighted by Gasteiger charge is 2.14. The van der Waals surface area contributed by atoms with E-state index in [1.807, 2.05) is 30.3 Å². The van der Waals surface area contributed by atoms with Gasteiger partial charge in [0.15, 0.2) is 0 Å². The Hall–Kier alpha value is -2.21. The minimum Gasteiger partial charge on any atom is -0.412 e. The number of carbonyl (C=O) groups excluding carboxylic acids is 1. The van der Waals surface area contributed by atoms with Gasteiger partial charge in [-0.05, 0) is 12.1 Å². The second-order valence-corrected chi connectivity index (χ2v) is 3.53. The molecule has 0 radical (unpaired) electrons. The molecule has 0 spiro atoms. The lowest BCUT2D eigenvalue weighted by atomic mass is 10.2. The van der Waals surface area contributed by atoms with E-state index in [9.17, 15) is 4.79 Å². The zero-order valence-corrected chi connectivity index (χ0v) is 9.92. The van der Waals surface area contributed by atoms with Crippen molar-refractivity contribution < 1.29 is 13.9 Å². The smallest absolute Gasteiger partial charge is 0.308 e. The minimum absolute atomic E-state index is 0.0510. The normalized spacial score (nSPS) is 10.3. The van der Waals surface area contributed by atoms with Gasteiger partial charge in [-0.15, -0.1) is 10.2 Å². The first-order valence-corrected chi connectivity index (χ1v) is 5.47. The maximum absolute atomic E-state index is 11.6. The van der Waals surface area contributed by atoms with Gasteiger partial charge in [0.2, 0.25) is 5.89 Å². The van der Waals surface area contributed by atoms with Gasteiger partial charge < -0.3 is 14.5 Å². The summed E-state index contributed by atoms with van der Waals surface area (Å²) in [5, 5.41) is 10.1. The largest absolute Gasteiger partial charge is 0.412 e. The number of benzene rings is 1. The Morgan fingerprint density at radius 3 is 2.83 bits per heavy atom. The molecule has 1 N–H and O–H groups in total. The van der Waals surface area contributed by atoms with Gasteiger partial charge in [0.1, 0.15) is 0 Å². The standard InChI is InChI=1S/C12H13N3O3/c1-17-8-7-13-10(16)12-15-14-11(18-12)9-5-3-2-4-6-9/h2-6H,7-8H2,1H3,(H,13,16). The molecule has 2 rings (SSSR count). The van der Waals surface area contributed by atoms with Gasteiger partial charge >= 0.3 is 11.8 Å². The summed E-state index contributed by atoms with van der Waals surface area (Å²) >= 11 is 0. The molecule has 2 aromatic rings. The summed E-state index contributed by atoms with van der Waals surface area (Å²) in [4.78, 5) is 11.6. The van der Waals surface area contributed by atoms with Crippen molar-refractivity contribution in [1.29, 1.82) is 0 Å². The number of hydrogen-bond acceptors (Lipinski definition) is 5. The van der Waals surface area contributed by atoms with Crippen LogP contribution in [0.4, 0.5) is 0 Å². The molecule has 1 aromatic carbocycles. The molecule has 0 atom stereocenters. The summed E-state index contributed by atoms with van der Waals surface area (Å²) < 4.78 is 10.1. The number of aromatic nitrogens is 2. The molecule has 0 bridgehead atoms. The fraction of sp³-hybridized carbons (Fsp3) is 0.250. The van der Waals surface area contributed by atoms with Crippen LogP contribution in [0.25, 0.3) is 11.5 Å². The number of hydrogen-bond donors (Lipinski definition) is 1. The molecular formula is C12H13N3O3. The molecule has 0 fully saturated rings. The lowest BCUT2D eigenvalue weighted by Gasteiger charge is -1.99. The van der Waals surface area contributed by atoms with Crippen molar-refractivity contribution in [2.75, 3.05) is 20.3 Å². The molecule has 1 amide bonds. The zero-order valence-electron chi connectivity index (χ0n) is 9.92. The lowest BCUT2D eigenvalue weighted by molar-refractivity contribution is 0.0903. The zero-order chi connectivity index (χ0) is 12.8. The maximum Gasteiger partial charge on any atom is 0.308 e. The van der Waals surface area contributed by atoms with Crippen LogP contribution in [0.3, 0.4) is 0 Å². The van der Waals surface area contributed by atoms with Crippen LogP contribution in [0.5, 0.6) is 0 Å². The Bertz CT molecular complexity index is 510. The van der Waals surface area contributed by atoms with Crippen LogP contribution in [0.1, 0.15) is 10.7 Å². The number of nitrogens with zero attached hydrogens (tertiary/aromatic N) is 2. The van der Waals surface area contributed by atoms with Gasteiger partial charge in [-0.1, -0.05) is 18.2 Å². The van der Waals surface area contributed by atoms with Crippen molar-refractivity contribution in [1.82, 2.24) is 15.5 Å². The summed E-state index contributed by atoms with van der Waals surface area (Å²) in [5.41, 5.74) is 0.779. The summed E-state index contributed by atoms with van der Waals surface area (Å²) in [6.45, 7) is 0.837. The van der Waals surface area contributed by atoms with Gasteiger partial charge in [-0.2, -0.15) is 0 Å². The van der Waals surface area contributed by atoms with E-state index in [4.69, 9.17) is 9.15 Å². The van der Waals surface area contributed by atoms with Crippen LogP contribution in [-0.4, -0.2) is 36.4 Å². The van der Waals surface area contributed by atoms with Crippen molar-refractivity contribution in [3.05, 3.63) is 36.2 Å². The maximum atomic E-state index is 11.6. The van der Waals surface area contributed by atoms with Crippen LogP contribution in [0.2, 0.25) is 0 Å². The number of ether oxygens (including phenoxy) is 1. The average molecular weight is 247 g/mol. The highest BCUT2D eigenvalue weighted by Crippen LogP contribution is 2.16. The first-order chi connectivity index (χ1) is 8.81. The lowest BCUT2D eigenvalue weighted by Crippen LogP contribution is -2.27. The average Bonchev–Trinajstić information content (AvgIpc) is 2.89. The van der Waals surface area contributed by atoms with Gasteiger partial charge in [-0.3, -0.25) is 4.79 Å². The van der Waals surface area contributed by atoms with Crippen LogP contribution >= 0.6 is 0 Å². The Morgan fingerprint density at radius 2 is 2.11 bits per heavy atom. The molecule has 1 heterocycles. The Kier molecular flexibility index (Phi) is 4.03. The van der Waals surface area contributed by atoms with E-state index in [1.165, 1.54) is 0 Å². The molecule has 0 aliphatic heterocycles. The highest BCUT2D eigenvalue weighted by molar-refractivity contribution is 5.89. The molecule has 0 saturated carbocycles. The Balaban J connectivity index is 2.04. The van der Waals surface area contributed by atoms with Crippen molar-refractivity contribution in [2.24, 2.45) is 0 Å². The first-order valence-electron chi connectivity index (χ1n) is 5.47. The number of amides is 1. The number of rotatable bonds is 5. The van der Waals surface area contributed by atoms with E-state index < -0.39 is 5.91 Å². The molecule has 6 heteroatoms. The molecule has 0 saturated heterocycles. The van der Waals surface area contributed by atoms with E-state index >= 15 is 0 Å². The van der Waals surface area contributed by atoms with Crippen LogP contribution in [0, 0.1) is 0 Å². The van der Waals surface area contributed by atoms with E-state index in [-0.39, 0.29) is 5.89 Å². The number of nitrogens with one attached hydrogen (secondary N) is 1. The number of carbonyl (C=O) groups is 1. The molecule has 18 heavy (non-hydrogen) atoms. The van der Waals surface area contributed by atoms with Crippen molar-refractivity contribution >= 4 is 5.91 Å². The van der Waals surface area contributed by atoms with Gasteiger partial charge in [0.25, 0.3) is 0 Å². The van der Waals surface area contributed by atoms with Crippen LogP contribution in [-0.2, 0) is 4.74 Å². The fourth-order valence-electron chi connectivity index (χ4n) is 1.35. The number of methoxy groups -OCH3 is 1. The van der Waals surface area contributed by atoms with Crippen LogP contribution < -0.4 is 5.32 Å². The van der Waals surface area contributed by atoms with E-state index in [2.05, 4.69) is 15.5 Å². The summed E-state index contributed by atoms with van der Waals surface area (Å²) in [7, 11) is 1.56. The molecule has 0 aliphatic carbocycles. The van der Waals surface area contributed by atoms with Gasteiger partial charge in [0, 0.05) is 19.2 Å². The second-order valence-electron chi connectivity index (χ2n) is 3.53. The van der Waals surface area contributed by atoms with Crippen molar-refractivity contribution in [3.63, 3.8) is 0 Å². The fourth-order valence-corrected chi connectivity index (χ4v) is 1.35. The van der Waals surface area contributed by atoms with E-state index in [0.717, 1.165) is 5.56 Å². The summed E-state index contributed by atoms with van der Waals surface area (Å²) in [6.07, 6.45) is 0. The molecular weight excluding hydrogens is 234 g/mol. The van der Waals surface area contributed by atoms with Gasteiger partial charge in [0.05, 0.1) is 6.61 Å². The minimum atomic E-state index is -0.401. The molecule has 6 nitrogen and oxygen atoms in total. The van der Waals surface area contributed by atoms with E-state index in [1.54, 1.807) is 7.11 Å². The van der Waals surface area contributed by atoms with Crippen LogP contribution in [0.15, 0.2) is 34.7 Å². The monoisotopic (exact) mass is 247 g/mol. The third-order valence-corrected chi connectivity index (χ3v) is 2.23.